The summed E-state index contributed by atoms with van der Waals surface area (Å²) in [7, 11) is 0. The van der Waals surface area contributed by atoms with E-state index in [1.165, 1.54) is 11.6 Å². The van der Waals surface area contributed by atoms with Crippen molar-refractivity contribution in [1.82, 2.24) is 9.88 Å². The predicted octanol–water partition coefficient (Wildman–Crippen LogP) is 3.81. The number of hydrogen-bond donors (Lipinski definition) is 0. The minimum atomic E-state index is -4.48. The molecular formula is C16H17F3N2O. The minimum absolute atomic E-state index is 0.166. The fraction of sp³-hybridized carbons (Fsp3) is 0.500. The molecule has 118 valence electrons. The number of carbonyl (C=O) groups excluding carboxylic acids is 1. The van der Waals surface area contributed by atoms with Crippen molar-refractivity contribution in [3.05, 3.63) is 41.2 Å². The number of nitrogens with zero attached hydrogens (tertiary/aromatic N) is 2. The van der Waals surface area contributed by atoms with Crippen molar-refractivity contribution in [2.75, 3.05) is 0 Å². The molecule has 2 aliphatic rings. The highest BCUT2D eigenvalue weighted by atomic mass is 19.4. The van der Waals surface area contributed by atoms with E-state index in [-0.39, 0.29) is 23.6 Å². The lowest BCUT2D eigenvalue weighted by Gasteiger charge is -2.36. The van der Waals surface area contributed by atoms with E-state index in [4.69, 9.17) is 0 Å². The maximum atomic E-state index is 12.6. The molecule has 0 N–H and O–H groups in total. The van der Waals surface area contributed by atoms with Crippen LogP contribution in [0, 0.1) is 0 Å². The third kappa shape index (κ3) is 2.62. The highest BCUT2D eigenvalue weighted by molar-refractivity contribution is 5.94. The van der Waals surface area contributed by atoms with Gasteiger partial charge in [0.1, 0.15) is 5.69 Å². The average molecular weight is 310 g/mol. The van der Waals surface area contributed by atoms with E-state index in [1.54, 1.807) is 0 Å². The second kappa shape index (κ2) is 5.41. The molecule has 2 saturated heterocycles. The largest absolute Gasteiger partial charge is 0.433 e. The van der Waals surface area contributed by atoms with Crippen LogP contribution in [0.2, 0.25) is 0 Å². The molecule has 0 aromatic carbocycles. The van der Waals surface area contributed by atoms with Gasteiger partial charge in [-0.2, -0.15) is 13.2 Å². The Morgan fingerprint density at radius 2 is 1.91 bits per heavy atom. The quantitative estimate of drug-likeness (QED) is 0.739. The van der Waals surface area contributed by atoms with E-state index >= 15 is 0 Å². The first-order valence-electron chi connectivity index (χ1n) is 7.40. The van der Waals surface area contributed by atoms with Crippen LogP contribution in [0.15, 0.2) is 30.0 Å². The Hall–Kier alpha value is -1.85. The highest BCUT2D eigenvalue weighted by Gasteiger charge is 2.41. The normalized spacial score (nSPS) is 24.5. The molecule has 22 heavy (non-hydrogen) atoms. The Kier molecular flexibility index (Phi) is 3.70. The van der Waals surface area contributed by atoms with Crippen LogP contribution < -0.4 is 0 Å². The van der Waals surface area contributed by atoms with E-state index in [9.17, 15) is 18.0 Å². The Labute approximate surface area is 126 Å². The third-order valence-electron chi connectivity index (χ3n) is 4.56. The highest BCUT2D eigenvalue weighted by Crippen LogP contribution is 2.39. The van der Waals surface area contributed by atoms with E-state index in [1.807, 2.05) is 11.8 Å². The summed E-state index contributed by atoms with van der Waals surface area (Å²) in [5, 5.41) is 0. The van der Waals surface area contributed by atoms with Crippen LogP contribution in [-0.2, 0) is 6.18 Å². The number of halogens is 3. The molecule has 0 radical (unpaired) electrons. The van der Waals surface area contributed by atoms with Gasteiger partial charge < -0.3 is 4.90 Å². The number of alkyl halides is 3. The standard InChI is InChI=1S/C16H17F3N2O/c1-2-10-7-12-4-5-13(8-10)21(12)15(22)11-3-6-14(20-9-11)16(17,18)19/h2-3,6,9,12-13H,4-5,7-8H2,1H3. The Morgan fingerprint density at radius 1 is 1.27 bits per heavy atom. The van der Waals surface area contributed by atoms with E-state index in [0.717, 1.165) is 37.9 Å². The maximum Gasteiger partial charge on any atom is 0.433 e. The third-order valence-corrected chi connectivity index (χ3v) is 4.56. The molecule has 0 saturated carbocycles. The summed E-state index contributed by atoms with van der Waals surface area (Å²) < 4.78 is 37.6. The van der Waals surface area contributed by atoms with Crippen molar-refractivity contribution in [2.45, 2.75) is 50.9 Å². The molecule has 0 aliphatic carbocycles. The second-order valence-corrected chi connectivity index (χ2v) is 5.88. The van der Waals surface area contributed by atoms with Gasteiger partial charge >= 0.3 is 6.18 Å². The SMILES string of the molecule is CC=C1CC2CCC(C1)N2C(=O)c1ccc(C(F)(F)F)nc1. The van der Waals surface area contributed by atoms with Crippen LogP contribution in [-0.4, -0.2) is 27.9 Å². The molecule has 1 aromatic rings. The molecule has 2 atom stereocenters. The van der Waals surface area contributed by atoms with E-state index in [2.05, 4.69) is 11.1 Å². The topological polar surface area (TPSA) is 33.2 Å². The average Bonchev–Trinajstić information content (AvgIpc) is 2.75. The summed E-state index contributed by atoms with van der Waals surface area (Å²) in [6.45, 7) is 2.01. The monoisotopic (exact) mass is 310 g/mol. The number of pyridine rings is 1. The van der Waals surface area contributed by atoms with Gasteiger partial charge in [-0.15, -0.1) is 0 Å². The number of hydrogen-bond acceptors (Lipinski definition) is 2. The van der Waals surface area contributed by atoms with Crippen molar-refractivity contribution in [1.29, 1.82) is 0 Å². The van der Waals surface area contributed by atoms with E-state index < -0.39 is 11.9 Å². The Morgan fingerprint density at radius 3 is 2.36 bits per heavy atom. The van der Waals surface area contributed by atoms with Crippen LogP contribution in [0.4, 0.5) is 13.2 Å². The molecule has 0 spiro atoms. The summed E-state index contributed by atoms with van der Waals surface area (Å²) in [6, 6.07) is 2.43. The number of allylic oxidation sites excluding steroid dienone is 1. The van der Waals surface area contributed by atoms with Crippen molar-refractivity contribution >= 4 is 5.91 Å². The summed E-state index contributed by atoms with van der Waals surface area (Å²) in [5.74, 6) is -0.205. The van der Waals surface area contributed by atoms with Gasteiger partial charge in [-0.05, 0) is 44.7 Å². The van der Waals surface area contributed by atoms with Gasteiger partial charge in [0.05, 0.1) is 5.56 Å². The maximum absolute atomic E-state index is 12.6. The lowest BCUT2D eigenvalue weighted by atomic mass is 9.96. The fourth-order valence-corrected chi connectivity index (χ4v) is 3.46. The minimum Gasteiger partial charge on any atom is -0.332 e. The lowest BCUT2D eigenvalue weighted by molar-refractivity contribution is -0.141. The first-order chi connectivity index (χ1) is 10.4. The Bertz CT molecular complexity index is 591. The van der Waals surface area contributed by atoms with Gasteiger partial charge in [0, 0.05) is 18.3 Å². The molecule has 3 nitrogen and oxygen atoms in total. The van der Waals surface area contributed by atoms with E-state index in [0.29, 0.717) is 0 Å². The summed E-state index contributed by atoms with van der Waals surface area (Å²) in [5.41, 5.74) is 0.623. The molecule has 2 unspecified atom stereocenters. The predicted molar refractivity (Wildman–Crippen MR) is 75.2 cm³/mol. The zero-order chi connectivity index (χ0) is 15.9. The van der Waals surface area contributed by atoms with Crippen LogP contribution in [0.1, 0.15) is 48.7 Å². The first-order valence-corrected chi connectivity index (χ1v) is 7.40. The summed E-state index contributed by atoms with van der Waals surface area (Å²) >= 11 is 0. The van der Waals surface area contributed by atoms with Crippen molar-refractivity contribution in [2.24, 2.45) is 0 Å². The molecule has 6 heteroatoms. The molecule has 2 fully saturated rings. The number of fused-ring (bicyclic) bond motifs is 2. The smallest absolute Gasteiger partial charge is 0.332 e. The number of amides is 1. The van der Waals surface area contributed by atoms with Gasteiger partial charge in [-0.25, -0.2) is 0 Å². The van der Waals surface area contributed by atoms with Crippen LogP contribution in [0.25, 0.3) is 0 Å². The molecule has 2 aliphatic heterocycles. The van der Waals surface area contributed by atoms with Crippen LogP contribution in [0.5, 0.6) is 0 Å². The number of piperidine rings is 1. The van der Waals surface area contributed by atoms with Crippen molar-refractivity contribution < 1.29 is 18.0 Å². The van der Waals surface area contributed by atoms with Gasteiger partial charge in [0.25, 0.3) is 5.91 Å². The molecule has 3 rings (SSSR count). The van der Waals surface area contributed by atoms with Gasteiger partial charge in [0.2, 0.25) is 0 Å². The summed E-state index contributed by atoms with van der Waals surface area (Å²) in [4.78, 5) is 17.8. The number of rotatable bonds is 1. The first kappa shape index (κ1) is 15.1. The van der Waals surface area contributed by atoms with Crippen molar-refractivity contribution in [3.8, 4) is 0 Å². The summed E-state index contributed by atoms with van der Waals surface area (Å²) in [6.07, 6.45) is 2.32. The second-order valence-electron chi connectivity index (χ2n) is 5.88. The van der Waals surface area contributed by atoms with Gasteiger partial charge in [-0.3, -0.25) is 9.78 Å². The molecule has 2 bridgehead atoms. The zero-order valence-corrected chi connectivity index (χ0v) is 12.2. The molecular weight excluding hydrogens is 293 g/mol. The van der Waals surface area contributed by atoms with Crippen LogP contribution in [0.3, 0.4) is 0 Å². The number of carbonyl (C=O) groups is 1. The zero-order valence-electron chi connectivity index (χ0n) is 12.2. The fourth-order valence-electron chi connectivity index (χ4n) is 3.46. The molecule has 1 aromatic heterocycles. The molecule has 1 amide bonds. The van der Waals surface area contributed by atoms with Gasteiger partial charge in [-0.1, -0.05) is 11.6 Å². The molecule has 3 heterocycles. The van der Waals surface area contributed by atoms with Crippen molar-refractivity contribution in [3.63, 3.8) is 0 Å². The number of aromatic nitrogens is 1. The Balaban J connectivity index is 1.80. The lowest BCUT2D eigenvalue weighted by Crippen LogP contribution is -2.44. The van der Waals surface area contributed by atoms with Crippen LogP contribution >= 0.6 is 0 Å². The van der Waals surface area contributed by atoms with Gasteiger partial charge in [0.15, 0.2) is 0 Å².